The molecule has 92 valence electrons. The van der Waals surface area contributed by atoms with Crippen LogP contribution in [0.2, 0.25) is 5.02 Å². The maximum absolute atomic E-state index is 14.4. The van der Waals surface area contributed by atoms with Crippen molar-refractivity contribution in [1.29, 1.82) is 0 Å². The first-order valence-corrected chi connectivity index (χ1v) is 5.96. The van der Waals surface area contributed by atoms with E-state index in [1.807, 2.05) is 20.8 Å². The molecule has 0 saturated carbocycles. The minimum atomic E-state index is -1.15. The van der Waals surface area contributed by atoms with E-state index >= 15 is 0 Å². The SMILES string of the molecule is CCn1ncc(Cl)c1C(F)C(CN)C(C)C. The van der Waals surface area contributed by atoms with E-state index < -0.39 is 6.17 Å². The highest BCUT2D eigenvalue weighted by Gasteiger charge is 2.29. The maximum atomic E-state index is 14.4. The quantitative estimate of drug-likeness (QED) is 0.870. The number of aryl methyl sites for hydroxylation is 1. The summed E-state index contributed by atoms with van der Waals surface area (Å²) in [6.07, 6.45) is 0.334. The van der Waals surface area contributed by atoms with Crippen LogP contribution in [-0.2, 0) is 6.54 Å². The van der Waals surface area contributed by atoms with E-state index in [-0.39, 0.29) is 11.8 Å². The van der Waals surface area contributed by atoms with Crippen molar-refractivity contribution >= 4 is 11.6 Å². The van der Waals surface area contributed by atoms with Gasteiger partial charge in [0.05, 0.1) is 16.9 Å². The Kier molecular flexibility index (Phi) is 4.74. The zero-order valence-electron chi connectivity index (χ0n) is 9.95. The van der Waals surface area contributed by atoms with Crippen molar-refractivity contribution in [2.75, 3.05) is 6.54 Å². The minimum absolute atomic E-state index is 0.177. The molecule has 2 unspecified atom stereocenters. The summed E-state index contributed by atoms with van der Waals surface area (Å²) in [6, 6.07) is 0. The van der Waals surface area contributed by atoms with Crippen molar-refractivity contribution in [3.63, 3.8) is 0 Å². The predicted octanol–water partition coefficient (Wildman–Crippen LogP) is 2.80. The Morgan fingerprint density at radius 2 is 2.19 bits per heavy atom. The van der Waals surface area contributed by atoms with Crippen molar-refractivity contribution < 1.29 is 4.39 Å². The molecule has 3 nitrogen and oxygen atoms in total. The number of rotatable bonds is 5. The second kappa shape index (κ2) is 5.64. The van der Waals surface area contributed by atoms with Crippen LogP contribution in [0.3, 0.4) is 0 Å². The lowest BCUT2D eigenvalue weighted by atomic mass is 9.89. The standard InChI is InChI=1S/C11H19ClFN3/c1-4-16-11(9(12)6-15-16)10(13)8(5-14)7(2)3/h6-8,10H,4-5,14H2,1-3H3. The number of hydrogen-bond acceptors (Lipinski definition) is 2. The Labute approximate surface area is 101 Å². The zero-order chi connectivity index (χ0) is 12.3. The van der Waals surface area contributed by atoms with Crippen LogP contribution >= 0.6 is 11.6 Å². The Balaban J connectivity index is 3.02. The van der Waals surface area contributed by atoms with Crippen LogP contribution in [-0.4, -0.2) is 16.3 Å². The lowest BCUT2D eigenvalue weighted by molar-refractivity contribution is 0.178. The molecule has 0 aliphatic carbocycles. The van der Waals surface area contributed by atoms with E-state index in [0.29, 0.717) is 23.8 Å². The average Bonchev–Trinajstić information content (AvgIpc) is 2.59. The molecule has 1 aromatic rings. The molecule has 0 aliphatic heterocycles. The third kappa shape index (κ3) is 2.55. The summed E-state index contributed by atoms with van der Waals surface area (Å²) < 4.78 is 16.0. The minimum Gasteiger partial charge on any atom is -0.330 e. The van der Waals surface area contributed by atoms with E-state index in [4.69, 9.17) is 17.3 Å². The van der Waals surface area contributed by atoms with Crippen LogP contribution < -0.4 is 5.73 Å². The second-order valence-corrected chi connectivity index (χ2v) is 4.65. The van der Waals surface area contributed by atoms with E-state index in [0.717, 1.165) is 0 Å². The monoisotopic (exact) mass is 247 g/mol. The molecule has 0 aliphatic rings. The molecule has 16 heavy (non-hydrogen) atoms. The molecule has 5 heteroatoms. The lowest BCUT2D eigenvalue weighted by Gasteiger charge is -2.23. The molecule has 0 fully saturated rings. The highest BCUT2D eigenvalue weighted by atomic mass is 35.5. The summed E-state index contributed by atoms with van der Waals surface area (Å²) in [7, 11) is 0. The van der Waals surface area contributed by atoms with Crippen LogP contribution in [0.5, 0.6) is 0 Å². The summed E-state index contributed by atoms with van der Waals surface area (Å²) in [4.78, 5) is 0. The van der Waals surface area contributed by atoms with Gasteiger partial charge in [0.2, 0.25) is 0 Å². The molecular weight excluding hydrogens is 229 g/mol. The van der Waals surface area contributed by atoms with Gasteiger partial charge >= 0.3 is 0 Å². The second-order valence-electron chi connectivity index (χ2n) is 4.24. The first kappa shape index (κ1) is 13.5. The molecule has 1 aromatic heterocycles. The summed E-state index contributed by atoms with van der Waals surface area (Å²) >= 11 is 5.96. The molecule has 0 saturated heterocycles. The van der Waals surface area contributed by atoms with Gasteiger partial charge in [-0.15, -0.1) is 0 Å². The number of alkyl halides is 1. The summed E-state index contributed by atoms with van der Waals surface area (Å²) in [5.41, 5.74) is 6.06. The van der Waals surface area contributed by atoms with Gasteiger partial charge in [-0.05, 0) is 19.4 Å². The largest absolute Gasteiger partial charge is 0.330 e. The molecule has 2 atom stereocenters. The van der Waals surface area contributed by atoms with E-state index in [9.17, 15) is 4.39 Å². The van der Waals surface area contributed by atoms with Gasteiger partial charge < -0.3 is 5.73 Å². The van der Waals surface area contributed by atoms with Gasteiger partial charge in [0, 0.05) is 12.5 Å². The summed E-state index contributed by atoms with van der Waals surface area (Å²) in [5, 5.41) is 4.42. The van der Waals surface area contributed by atoms with Gasteiger partial charge in [0.25, 0.3) is 0 Å². The Morgan fingerprint density at radius 1 is 1.56 bits per heavy atom. The molecule has 0 amide bonds. The van der Waals surface area contributed by atoms with Gasteiger partial charge in [-0.25, -0.2) is 4.39 Å². The number of halogens is 2. The zero-order valence-corrected chi connectivity index (χ0v) is 10.7. The highest BCUT2D eigenvalue weighted by Crippen LogP contribution is 2.34. The number of nitrogens with zero attached hydrogens (tertiary/aromatic N) is 2. The van der Waals surface area contributed by atoms with Crippen molar-refractivity contribution in [1.82, 2.24) is 9.78 Å². The highest BCUT2D eigenvalue weighted by molar-refractivity contribution is 6.31. The van der Waals surface area contributed by atoms with Crippen molar-refractivity contribution in [3.05, 3.63) is 16.9 Å². The molecule has 1 rings (SSSR count). The van der Waals surface area contributed by atoms with Crippen LogP contribution in [0.15, 0.2) is 6.20 Å². The van der Waals surface area contributed by atoms with Crippen LogP contribution in [0.1, 0.15) is 32.6 Å². The predicted molar refractivity (Wildman–Crippen MR) is 64.1 cm³/mol. The molecule has 0 aromatic carbocycles. The summed E-state index contributed by atoms with van der Waals surface area (Å²) in [5.74, 6) is -0.0456. The number of nitrogens with two attached hydrogens (primary N) is 1. The fourth-order valence-electron chi connectivity index (χ4n) is 1.83. The third-order valence-corrected chi connectivity index (χ3v) is 3.19. The van der Waals surface area contributed by atoms with Crippen LogP contribution in [0.4, 0.5) is 4.39 Å². The number of aromatic nitrogens is 2. The maximum Gasteiger partial charge on any atom is 0.147 e. The fraction of sp³-hybridized carbons (Fsp3) is 0.727. The van der Waals surface area contributed by atoms with E-state index in [1.54, 1.807) is 4.68 Å². The molecule has 0 bridgehead atoms. The first-order chi connectivity index (χ1) is 7.52. The van der Waals surface area contributed by atoms with Crippen molar-refractivity contribution in [3.8, 4) is 0 Å². The molecule has 1 heterocycles. The van der Waals surface area contributed by atoms with Gasteiger partial charge in [0.15, 0.2) is 0 Å². The van der Waals surface area contributed by atoms with Crippen molar-refractivity contribution in [2.24, 2.45) is 17.6 Å². The lowest BCUT2D eigenvalue weighted by Crippen LogP contribution is -2.26. The molecular formula is C11H19ClFN3. The Morgan fingerprint density at radius 3 is 2.62 bits per heavy atom. The van der Waals surface area contributed by atoms with Gasteiger partial charge in [0.1, 0.15) is 6.17 Å². The average molecular weight is 248 g/mol. The molecule has 0 radical (unpaired) electrons. The van der Waals surface area contributed by atoms with Crippen molar-refractivity contribution in [2.45, 2.75) is 33.5 Å². The van der Waals surface area contributed by atoms with Gasteiger partial charge in [-0.3, -0.25) is 4.68 Å². The Hall–Kier alpha value is -0.610. The summed E-state index contributed by atoms with van der Waals surface area (Å²) in [6.45, 7) is 6.75. The molecule has 0 spiro atoms. The van der Waals surface area contributed by atoms with E-state index in [1.165, 1.54) is 6.20 Å². The van der Waals surface area contributed by atoms with Gasteiger partial charge in [-0.2, -0.15) is 5.10 Å². The first-order valence-electron chi connectivity index (χ1n) is 5.58. The van der Waals surface area contributed by atoms with Crippen LogP contribution in [0, 0.1) is 11.8 Å². The number of hydrogen-bond donors (Lipinski definition) is 1. The van der Waals surface area contributed by atoms with Gasteiger partial charge in [-0.1, -0.05) is 25.4 Å². The topological polar surface area (TPSA) is 43.8 Å². The third-order valence-electron chi connectivity index (χ3n) is 2.90. The fourth-order valence-corrected chi connectivity index (χ4v) is 2.08. The van der Waals surface area contributed by atoms with Crippen LogP contribution in [0.25, 0.3) is 0 Å². The molecule has 2 N–H and O–H groups in total. The smallest absolute Gasteiger partial charge is 0.147 e. The van der Waals surface area contributed by atoms with E-state index in [2.05, 4.69) is 5.10 Å². The Bertz CT molecular complexity index is 338. The normalized spacial score (nSPS) is 15.4.